The van der Waals surface area contributed by atoms with E-state index in [1.54, 1.807) is 48.5 Å². The number of benzene rings is 2. The summed E-state index contributed by atoms with van der Waals surface area (Å²) in [7, 11) is -6.98. The van der Waals surface area contributed by atoms with Crippen molar-refractivity contribution in [3.05, 3.63) is 48.5 Å². The van der Waals surface area contributed by atoms with Gasteiger partial charge in [-0.15, -0.1) is 0 Å². The van der Waals surface area contributed by atoms with Crippen molar-refractivity contribution in [3.8, 4) is 0 Å². The molecule has 1 amide bonds. The molecule has 11 heteroatoms. The molecule has 8 fully saturated rings. The van der Waals surface area contributed by atoms with E-state index in [0.29, 0.717) is 34.0 Å². The Hall–Kier alpha value is -2.47. The van der Waals surface area contributed by atoms with Crippen LogP contribution >= 0.6 is 0 Å². The molecule has 0 atom stereocenters. The van der Waals surface area contributed by atoms with Crippen molar-refractivity contribution in [2.24, 2.45) is 35.5 Å². The van der Waals surface area contributed by atoms with E-state index >= 15 is 0 Å². The van der Waals surface area contributed by atoms with E-state index in [2.05, 4.69) is 14.8 Å². The molecule has 0 unspecified atom stereocenters. The molecule has 9 nitrogen and oxygen atoms in total. The summed E-state index contributed by atoms with van der Waals surface area (Å²) in [6.07, 6.45) is 13.8. The molecule has 0 aliphatic heterocycles. The Balaban J connectivity index is 0.000000146. The summed E-state index contributed by atoms with van der Waals surface area (Å²) in [4.78, 5) is 11.7. The first-order valence-corrected chi connectivity index (χ1v) is 19.6. The fraction of sp³-hybridized carbons (Fsp3) is 0.618. The van der Waals surface area contributed by atoms with Crippen LogP contribution in [0.4, 0.5) is 11.4 Å². The van der Waals surface area contributed by atoms with E-state index in [-0.39, 0.29) is 21.9 Å². The molecule has 8 aliphatic carbocycles. The zero-order valence-corrected chi connectivity index (χ0v) is 27.6. The molecule has 0 saturated heterocycles. The second-order valence-electron chi connectivity index (χ2n) is 15.4. The van der Waals surface area contributed by atoms with Crippen LogP contribution in [0.2, 0.25) is 0 Å². The van der Waals surface area contributed by atoms with Crippen LogP contribution < -0.4 is 20.5 Å². The molecule has 8 saturated carbocycles. The SMILES string of the molecule is CC(=O)Nc1ccc(S(=O)(=O)NC23CC4CC(CC(C4)C2)C3)cc1.Nc1ccc(S(=O)(=O)NC23CC4CC(CC(C4)C2)C3)cc1. The van der Waals surface area contributed by atoms with Crippen molar-refractivity contribution in [2.75, 3.05) is 11.1 Å². The summed E-state index contributed by atoms with van der Waals surface area (Å²) >= 11 is 0. The maximum absolute atomic E-state index is 12.9. The number of carbonyl (C=O) groups is 1. The van der Waals surface area contributed by atoms with Crippen LogP contribution in [0.25, 0.3) is 0 Å². The minimum Gasteiger partial charge on any atom is -0.399 e. The third kappa shape index (κ3) is 6.55. The molecule has 10 rings (SSSR count). The number of sulfonamides is 2. The van der Waals surface area contributed by atoms with Gasteiger partial charge in [-0.3, -0.25) is 4.79 Å². The highest BCUT2D eigenvalue weighted by atomic mass is 32.2. The number of nitrogens with two attached hydrogens (primary N) is 1. The Morgan fingerprint density at radius 2 is 0.911 bits per heavy atom. The lowest BCUT2D eigenvalue weighted by molar-refractivity contribution is -0.114. The predicted octanol–water partition coefficient (Wildman–Crippen LogP) is 5.41. The predicted molar refractivity (Wildman–Crippen MR) is 174 cm³/mol. The standard InChI is InChI=1S/C18H24N2O3S.C16H22N2O2S/c1-12(21)19-16-2-4-17(5-3-16)24(22,23)20-18-9-13-6-14(10-18)8-15(7-13)11-18;17-14-1-3-15(4-2-14)21(19,20)18-16-8-11-5-12(9-16)7-13(6-11)10-16/h2-5,13-15,20H,6-11H2,1H3,(H,19,21);1-4,11-13,18H,5-10,17H2. The topological polar surface area (TPSA) is 147 Å². The molecule has 8 aliphatic rings. The summed E-state index contributed by atoms with van der Waals surface area (Å²) in [5, 5.41) is 2.66. The molecule has 2 aromatic rings. The Morgan fingerprint density at radius 1 is 0.600 bits per heavy atom. The molecule has 2 aromatic carbocycles. The van der Waals surface area contributed by atoms with E-state index in [4.69, 9.17) is 5.73 Å². The van der Waals surface area contributed by atoms with E-state index in [1.807, 2.05) is 0 Å². The molecule has 5 N–H and O–H groups in total. The van der Waals surface area contributed by atoms with Crippen molar-refractivity contribution in [1.82, 2.24) is 9.44 Å². The average molecular weight is 655 g/mol. The molecule has 8 bridgehead atoms. The number of hydrogen-bond donors (Lipinski definition) is 4. The largest absolute Gasteiger partial charge is 0.399 e. The summed E-state index contributed by atoms with van der Waals surface area (Å²) in [5.74, 6) is 4.10. The van der Waals surface area contributed by atoms with Gasteiger partial charge in [-0.05, 0) is 161 Å². The Morgan fingerprint density at radius 3 is 1.22 bits per heavy atom. The lowest BCUT2D eigenvalue weighted by Crippen LogP contribution is -2.59. The fourth-order valence-corrected chi connectivity index (χ4v) is 13.6. The second-order valence-corrected chi connectivity index (χ2v) is 18.7. The lowest BCUT2D eigenvalue weighted by Gasteiger charge is -2.56. The second kappa shape index (κ2) is 11.3. The van der Waals surface area contributed by atoms with Crippen molar-refractivity contribution in [1.29, 1.82) is 0 Å². The summed E-state index contributed by atoms with van der Waals surface area (Å²) in [6, 6.07) is 12.9. The van der Waals surface area contributed by atoms with Crippen molar-refractivity contribution in [3.63, 3.8) is 0 Å². The van der Waals surface area contributed by atoms with Gasteiger partial charge in [-0.2, -0.15) is 0 Å². The molecule has 244 valence electrons. The minimum atomic E-state index is -3.53. The first-order valence-electron chi connectivity index (χ1n) is 16.6. The summed E-state index contributed by atoms with van der Waals surface area (Å²) in [6.45, 7) is 1.43. The Kier molecular flexibility index (Phi) is 7.86. The van der Waals surface area contributed by atoms with Gasteiger partial charge in [-0.25, -0.2) is 26.3 Å². The molecule has 0 radical (unpaired) electrons. The fourth-order valence-electron chi connectivity index (χ4n) is 10.7. The number of rotatable bonds is 7. The minimum absolute atomic E-state index is 0.169. The van der Waals surface area contributed by atoms with Crippen LogP contribution in [0.5, 0.6) is 0 Å². The number of anilines is 2. The molecular weight excluding hydrogens is 609 g/mol. The summed E-state index contributed by atoms with van der Waals surface area (Å²) in [5.41, 5.74) is 6.42. The smallest absolute Gasteiger partial charge is 0.241 e. The van der Waals surface area contributed by atoms with Crippen molar-refractivity contribution < 1.29 is 21.6 Å². The van der Waals surface area contributed by atoms with Crippen LogP contribution in [0.3, 0.4) is 0 Å². The number of carbonyl (C=O) groups excluding carboxylic acids is 1. The number of nitrogen functional groups attached to an aromatic ring is 1. The first kappa shape index (κ1) is 31.1. The lowest BCUT2D eigenvalue weighted by atomic mass is 9.53. The monoisotopic (exact) mass is 654 g/mol. The zero-order chi connectivity index (χ0) is 31.6. The van der Waals surface area contributed by atoms with Crippen LogP contribution in [-0.2, 0) is 24.8 Å². The van der Waals surface area contributed by atoms with Crippen LogP contribution in [0, 0.1) is 35.5 Å². The van der Waals surface area contributed by atoms with Crippen LogP contribution in [0.15, 0.2) is 58.3 Å². The van der Waals surface area contributed by atoms with Crippen molar-refractivity contribution in [2.45, 2.75) is 105 Å². The van der Waals surface area contributed by atoms with Gasteiger partial charge in [0, 0.05) is 29.4 Å². The zero-order valence-electron chi connectivity index (χ0n) is 26.0. The molecule has 0 spiro atoms. The molecule has 0 aromatic heterocycles. The van der Waals surface area contributed by atoms with E-state index < -0.39 is 20.0 Å². The summed E-state index contributed by atoms with van der Waals surface area (Å²) < 4.78 is 57.2. The van der Waals surface area contributed by atoms with Gasteiger partial charge in [0.05, 0.1) is 9.79 Å². The third-order valence-electron chi connectivity index (χ3n) is 11.5. The highest BCUT2D eigenvalue weighted by Gasteiger charge is 2.53. The number of nitrogens with one attached hydrogen (secondary N) is 3. The Bertz CT molecular complexity index is 1580. The average Bonchev–Trinajstić information content (AvgIpc) is 2.91. The van der Waals surface area contributed by atoms with E-state index in [0.717, 1.165) is 56.3 Å². The first-order chi connectivity index (χ1) is 21.3. The van der Waals surface area contributed by atoms with Gasteiger partial charge in [0.15, 0.2) is 0 Å². The maximum Gasteiger partial charge on any atom is 0.241 e. The van der Waals surface area contributed by atoms with Gasteiger partial charge in [0.2, 0.25) is 26.0 Å². The van der Waals surface area contributed by atoms with Gasteiger partial charge in [0.25, 0.3) is 0 Å². The molecule has 0 heterocycles. The normalized spacial score (nSPS) is 35.9. The van der Waals surface area contributed by atoms with Gasteiger partial charge in [-0.1, -0.05) is 0 Å². The molecular formula is C34H46N4O5S2. The van der Waals surface area contributed by atoms with E-state index in [1.165, 1.54) is 45.4 Å². The number of hydrogen-bond acceptors (Lipinski definition) is 6. The Labute approximate surface area is 267 Å². The number of amides is 1. The van der Waals surface area contributed by atoms with Crippen LogP contribution in [0.1, 0.15) is 84.0 Å². The maximum atomic E-state index is 12.9. The van der Waals surface area contributed by atoms with Crippen molar-refractivity contribution >= 4 is 37.3 Å². The van der Waals surface area contributed by atoms with Gasteiger partial charge >= 0.3 is 0 Å². The molecule has 45 heavy (non-hydrogen) atoms. The van der Waals surface area contributed by atoms with Gasteiger partial charge in [0.1, 0.15) is 0 Å². The van der Waals surface area contributed by atoms with Crippen LogP contribution in [-0.4, -0.2) is 33.8 Å². The van der Waals surface area contributed by atoms with Gasteiger partial charge < -0.3 is 11.1 Å². The third-order valence-corrected chi connectivity index (χ3v) is 14.6. The van der Waals surface area contributed by atoms with E-state index in [9.17, 15) is 21.6 Å². The highest BCUT2D eigenvalue weighted by molar-refractivity contribution is 7.89. The highest BCUT2D eigenvalue weighted by Crippen LogP contribution is 2.57. The quantitative estimate of drug-likeness (QED) is 0.294.